The fourth-order valence-corrected chi connectivity index (χ4v) is 6.23. The fourth-order valence-electron chi connectivity index (χ4n) is 6.23. The lowest BCUT2D eigenvalue weighted by Gasteiger charge is -2.35. The quantitative estimate of drug-likeness (QED) is 0.204. The zero-order valence-electron chi connectivity index (χ0n) is 28.3. The van der Waals surface area contributed by atoms with Gasteiger partial charge in [-0.15, -0.1) is 5.10 Å². The van der Waals surface area contributed by atoms with Crippen molar-refractivity contribution in [3.63, 3.8) is 0 Å². The molecule has 6 atom stereocenters. The molecule has 1 aromatic heterocycles. The van der Waals surface area contributed by atoms with Gasteiger partial charge in [0.2, 0.25) is 17.7 Å². The van der Waals surface area contributed by atoms with E-state index in [0.717, 1.165) is 5.56 Å². The minimum absolute atomic E-state index is 0.0177. The first-order valence-electron chi connectivity index (χ1n) is 17.0. The molecular formula is C35H46N8O7. The van der Waals surface area contributed by atoms with Gasteiger partial charge in [-0.2, -0.15) is 0 Å². The van der Waals surface area contributed by atoms with E-state index in [1.165, 1.54) is 0 Å². The molecule has 6 N–H and O–H groups in total. The number of hydrogen-bond acceptors (Lipinski definition) is 10. The minimum atomic E-state index is -1.27. The van der Waals surface area contributed by atoms with Crippen LogP contribution in [0, 0.1) is 0 Å². The van der Waals surface area contributed by atoms with Crippen molar-refractivity contribution >= 4 is 23.7 Å². The summed E-state index contributed by atoms with van der Waals surface area (Å²) in [7, 11) is 1.66. The van der Waals surface area contributed by atoms with Crippen molar-refractivity contribution in [1.29, 1.82) is 0 Å². The summed E-state index contributed by atoms with van der Waals surface area (Å²) in [6, 6.07) is 11.6. The molecule has 3 aliphatic heterocycles. The van der Waals surface area contributed by atoms with Crippen LogP contribution < -0.4 is 26.0 Å². The van der Waals surface area contributed by atoms with Crippen LogP contribution in [-0.2, 0) is 45.0 Å². The average Bonchev–Trinajstić information content (AvgIpc) is 3.79. The maximum absolute atomic E-state index is 14.0. The maximum atomic E-state index is 14.0. The molecule has 0 saturated carbocycles. The van der Waals surface area contributed by atoms with E-state index < -0.39 is 54.2 Å². The van der Waals surface area contributed by atoms with Crippen molar-refractivity contribution in [2.45, 2.75) is 88.4 Å². The SMILES string of the molecule is CN[C@@H](C)C(=O)N[C@H]1Cc2cn(nn2)CCCOc2ccc(cc2)C[C@@H](C(=O)O)NC(=O)[C@H](Cc2ccccc2)NC(=O)[C@@H]2CCCN2C1O. The summed E-state index contributed by atoms with van der Waals surface area (Å²) in [5, 5.41) is 41.6. The van der Waals surface area contributed by atoms with Crippen LogP contribution in [0.4, 0.5) is 0 Å². The number of likely N-dealkylation sites (N-methyl/N-ethyl adjacent to an activating group) is 1. The number of amides is 3. The highest BCUT2D eigenvalue weighted by molar-refractivity contribution is 5.92. The largest absolute Gasteiger partial charge is 0.494 e. The lowest BCUT2D eigenvalue weighted by atomic mass is 10.0. The van der Waals surface area contributed by atoms with Crippen LogP contribution in [0.2, 0.25) is 0 Å². The molecule has 1 unspecified atom stereocenters. The summed E-state index contributed by atoms with van der Waals surface area (Å²) < 4.78 is 7.55. The van der Waals surface area contributed by atoms with Crippen LogP contribution in [0.1, 0.15) is 43.0 Å². The number of nitrogens with one attached hydrogen (secondary N) is 4. The van der Waals surface area contributed by atoms with E-state index in [-0.39, 0.29) is 25.2 Å². The van der Waals surface area contributed by atoms with Gasteiger partial charge in [-0.1, -0.05) is 47.7 Å². The number of carboxylic acid groups (broad SMARTS) is 1. The highest BCUT2D eigenvalue weighted by Crippen LogP contribution is 2.23. The van der Waals surface area contributed by atoms with Crippen molar-refractivity contribution < 1.29 is 34.1 Å². The third-order valence-electron chi connectivity index (χ3n) is 9.16. The lowest BCUT2D eigenvalue weighted by molar-refractivity contribution is -0.142. The second-order valence-electron chi connectivity index (χ2n) is 12.8. The summed E-state index contributed by atoms with van der Waals surface area (Å²) in [6.45, 7) is 2.97. The molecule has 0 radical (unpaired) electrons. The van der Waals surface area contributed by atoms with E-state index in [9.17, 15) is 29.4 Å². The summed E-state index contributed by atoms with van der Waals surface area (Å²) in [5.74, 6) is -2.07. The van der Waals surface area contributed by atoms with Gasteiger partial charge in [0.1, 0.15) is 24.1 Å². The zero-order valence-corrected chi connectivity index (χ0v) is 28.3. The molecule has 0 aliphatic carbocycles. The molecule has 6 rings (SSSR count). The molecular weight excluding hydrogens is 644 g/mol. The van der Waals surface area contributed by atoms with E-state index in [2.05, 4.69) is 31.6 Å². The van der Waals surface area contributed by atoms with Gasteiger partial charge in [0.05, 0.1) is 30.4 Å². The molecule has 4 bridgehead atoms. The van der Waals surface area contributed by atoms with Crippen LogP contribution in [0.25, 0.3) is 0 Å². The van der Waals surface area contributed by atoms with Gasteiger partial charge in [-0.3, -0.25) is 24.0 Å². The molecule has 1 fully saturated rings. The Morgan fingerprint density at radius 2 is 1.78 bits per heavy atom. The summed E-state index contributed by atoms with van der Waals surface area (Å²) >= 11 is 0. The Hall–Kier alpha value is -4.86. The van der Waals surface area contributed by atoms with E-state index in [4.69, 9.17) is 4.74 Å². The molecule has 3 amide bonds. The number of carboxylic acids is 1. The van der Waals surface area contributed by atoms with Gasteiger partial charge >= 0.3 is 5.97 Å². The van der Waals surface area contributed by atoms with E-state index >= 15 is 0 Å². The van der Waals surface area contributed by atoms with E-state index in [1.54, 1.807) is 54.0 Å². The van der Waals surface area contributed by atoms with E-state index in [1.807, 2.05) is 30.3 Å². The fraction of sp³-hybridized carbons (Fsp3) is 0.486. The van der Waals surface area contributed by atoms with Crippen molar-refractivity contribution in [2.75, 3.05) is 20.2 Å². The number of fused-ring (bicyclic) bond motifs is 13. The second-order valence-corrected chi connectivity index (χ2v) is 12.8. The number of hydrogen-bond donors (Lipinski definition) is 6. The summed E-state index contributed by atoms with van der Waals surface area (Å²) in [4.78, 5) is 54.7. The Kier molecular flexibility index (Phi) is 12.5. The molecule has 3 aliphatic rings. The number of nitrogens with zero attached hydrogens (tertiary/aromatic N) is 4. The molecule has 3 aromatic rings. The van der Waals surface area contributed by atoms with Gasteiger partial charge < -0.3 is 36.2 Å². The Morgan fingerprint density at radius 3 is 2.50 bits per heavy atom. The van der Waals surface area contributed by atoms with Gasteiger partial charge in [-0.05, 0) is 50.1 Å². The first-order chi connectivity index (χ1) is 24.1. The van der Waals surface area contributed by atoms with Crippen LogP contribution in [-0.4, -0.2) is 110 Å². The second kappa shape index (κ2) is 17.2. The third-order valence-corrected chi connectivity index (χ3v) is 9.16. The predicted molar refractivity (Wildman–Crippen MR) is 182 cm³/mol. The Morgan fingerprint density at radius 1 is 1.02 bits per heavy atom. The average molecular weight is 691 g/mol. The number of carbonyl (C=O) groups is 4. The van der Waals surface area contributed by atoms with Crippen LogP contribution in [0.3, 0.4) is 0 Å². The topological polar surface area (TPSA) is 200 Å². The number of aliphatic hydroxyl groups excluding tert-OH is 1. The number of aryl methyl sites for hydroxylation is 1. The van der Waals surface area contributed by atoms with Gasteiger partial charge in [0.15, 0.2) is 0 Å². The normalized spacial score (nSPS) is 24.7. The number of ether oxygens (including phenoxy) is 1. The third kappa shape index (κ3) is 9.64. The number of rotatable bonds is 6. The molecule has 4 heterocycles. The minimum Gasteiger partial charge on any atom is -0.494 e. The lowest BCUT2D eigenvalue weighted by Crippen LogP contribution is -2.60. The monoisotopic (exact) mass is 690 g/mol. The van der Waals surface area contributed by atoms with E-state index in [0.29, 0.717) is 56.0 Å². The molecule has 50 heavy (non-hydrogen) atoms. The van der Waals surface area contributed by atoms with Crippen molar-refractivity contribution in [2.24, 2.45) is 0 Å². The molecule has 1 saturated heterocycles. The number of aliphatic carboxylic acids is 1. The number of benzene rings is 2. The van der Waals surface area contributed by atoms with Crippen LogP contribution >= 0.6 is 0 Å². The highest BCUT2D eigenvalue weighted by Gasteiger charge is 2.40. The first-order valence-corrected chi connectivity index (χ1v) is 17.0. The Balaban J connectivity index is 1.45. The van der Waals surface area contributed by atoms with Gasteiger partial charge in [0.25, 0.3) is 0 Å². The predicted octanol–water partition coefficient (Wildman–Crippen LogP) is 0.0182. The number of carbonyl (C=O) groups excluding carboxylic acids is 3. The molecule has 0 spiro atoms. The Labute approximate surface area is 290 Å². The smallest absolute Gasteiger partial charge is 0.326 e. The summed E-state index contributed by atoms with van der Waals surface area (Å²) in [5.41, 5.74) is 2.00. The van der Waals surface area contributed by atoms with Crippen molar-refractivity contribution in [1.82, 2.24) is 41.2 Å². The standard InChI is InChI=1S/C35H46N8O7/c1-22(36-2)31(44)38-28-20-25-21-42(41-40-25)15-7-17-50-26-13-11-24(12-14-26)19-29(35(48)49)39-32(45)27(18-23-8-4-3-5-9-23)37-33(46)30-10-6-16-43(30)34(28)47/h3-5,8-9,11-14,21-22,27-30,34,36,47H,6-7,10,15-20H2,1-2H3,(H,37,46)(H,38,44)(H,39,45)(H,48,49)/t22-,27-,28-,29-,30-,34?/m0/s1. The highest BCUT2D eigenvalue weighted by atomic mass is 16.5. The summed E-state index contributed by atoms with van der Waals surface area (Å²) in [6.07, 6.45) is 2.38. The number of aromatic nitrogens is 3. The number of aliphatic hydroxyl groups is 1. The first kappa shape index (κ1) is 36.4. The molecule has 15 nitrogen and oxygen atoms in total. The van der Waals surface area contributed by atoms with Crippen molar-refractivity contribution in [3.05, 3.63) is 77.6 Å². The molecule has 15 heteroatoms. The van der Waals surface area contributed by atoms with Crippen molar-refractivity contribution in [3.8, 4) is 5.75 Å². The van der Waals surface area contributed by atoms with Gasteiger partial charge in [0, 0.05) is 45.0 Å². The van der Waals surface area contributed by atoms with Crippen LogP contribution in [0.15, 0.2) is 60.8 Å². The van der Waals surface area contributed by atoms with Gasteiger partial charge in [-0.25, -0.2) is 4.79 Å². The maximum Gasteiger partial charge on any atom is 0.326 e. The molecule has 2 aromatic carbocycles. The van der Waals surface area contributed by atoms with Crippen LogP contribution in [0.5, 0.6) is 5.75 Å². The zero-order chi connectivity index (χ0) is 35.6. The Bertz CT molecular complexity index is 1600. The molecule has 268 valence electrons.